The first-order valence-corrected chi connectivity index (χ1v) is 8.30. The van der Waals surface area contributed by atoms with E-state index in [1.807, 2.05) is 11.2 Å². The lowest BCUT2D eigenvalue weighted by Gasteiger charge is -2.39. The summed E-state index contributed by atoms with van der Waals surface area (Å²) in [6, 6.07) is 0.341. The molecule has 4 nitrogen and oxygen atoms in total. The molecule has 1 N–H and O–H groups in total. The molecule has 0 aromatic heterocycles. The van der Waals surface area contributed by atoms with E-state index in [4.69, 9.17) is 0 Å². The molecule has 0 aromatic rings. The van der Waals surface area contributed by atoms with Gasteiger partial charge in [0.2, 0.25) is 5.91 Å². The van der Waals surface area contributed by atoms with Gasteiger partial charge >= 0.3 is 0 Å². The molecule has 1 aliphatic carbocycles. The topological polar surface area (TPSA) is 43.8 Å². The molecule has 5 heteroatoms. The van der Waals surface area contributed by atoms with Gasteiger partial charge in [0.15, 0.2) is 0 Å². The smallest absolute Gasteiger partial charge is 0.223 e. The first kappa shape index (κ1) is 14.2. The lowest BCUT2D eigenvalue weighted by atomic mass is 10.1. The van der Waals surface area contributed by atoms with E-state index in [1.54, 1.807) is 11.8 Å². The fourth-order valence-electron chi connectivity index (χ4n) is 3.00. The van der Waals surface area contributed by atoms with Crippen LogP contribution in [0.3, 0.4) is 0 Å². The van der Waals surface area contributed by atoms with E-state index in [9.17, 15) is 9.90 Å². The normalized spacial score (nSPS) is 29.8. The predicted octanol–water partition coefficient (Wildman–Crippen LogP) is 0.797. The molecule has 1 heterocycles. The molecule has 1 saturated heterocycles. The molecule has 1 saturated carbocycles. The number of hydrogen-bond acceptors (Lipinski definition) is 4. The number of nitrogens with zero attached hydrogens (tertiary/aromatic N) is 2. The Morgan fingerprint density at radius 1 is 1.28 bits per heavy atom. The molecule has 2 fully saturated rings. The summed E-state index contributed by atoms with van der Waals surface area (Å²) in [6.45, 7) is 3.51. The van der Waals surface area contributed by atoms with Crippen LogP contribution < -0.4 is 0 Å². The minimum Gasteiger partial charge on any atom is -0.391 e. The molecule has 1 amide bonds. The van der Waals surface area contributed by atoms with Crippen molar-refractivity contribution in [3.63, 3.8) is 0 Å². The molecule has 18 heavy (non-hydrogen) atoms. The van der Waals surface area contributed by atoms with Crippen LogP contribution in [0.5, 0.6) is 0 Å². The monoisotopic (exact) mass is 272 g/mol. The number of carbonyl (C=O) groups excluding carboxylic acids is 1. The number of aliphatic hydroxyl groups excluding tert-OH is 1. The van der Waals surface area contributed by atoms with Crippen molar-refractivity contribution in [2.75, 3.05) is 38.2 Å². The van der Waals surface area contributed by atoms with Crippen molar-refractivity contribution in [2.45, 2.75) is 37.8 Å². The average Bonchev–Trinajstić information content (AvgIpc) is 2.82. The van der Waals surface area contributed by atoms with Gasteiger partial charge in [0.1, 0.15) is 0 Å². The molecule has 0 spiro atoms. The van der Waals surface area contributed by atoms with Crippen molar-refractivity contribution in [2.24, 2.45) is 0 Å². The van der Waals surface area contributed by atoms with Gasteiger partial charge in [0.05, 0.1) is 6.10 Å². The van der Waals surface area contributed by atoms with Crippen molar-refractivity contribution in [3.05, 3.63) is 0 Å². The summed E-state index contributed by atoms with van der Waals surface area (Å²) in [4.78, 5) is 16.2. The molecule has 0 aromatic carbocycles. The number of rotatable bonds is 4. The zero-order chi connectivity index (χ0) is 13.0. The molecule has 0 unspecified atom stereocenters. The maximum absolute atomic E-state index is 11.9. The SMILES string of the molecule is CSCCC(=O)N1CCN([C@H]2CCC[C@H]2O)CC1. The van der Waals surface area contributed by atoms with Gasteiger partial charge in [0, 0.05) is 44.4 Å². The molecule has 0 bridgehead atoms. The van der Waals surface area contributed by atoms with Crippen molar-refractivity contribution >= 4 is 17.7 Å². The highest BCUT2D eigenvalue weighted by atomic mass is 32.2. The molecule has 2 atom stereocenters. The zero-order valence-electron chi connectivity index (χ0n) is 11.2. The second-order valence-corrected chi connectivity index (χ2v) is 6.21. The largest absolute Gasteiger partial charge is 0.391 e. The van der Waals surface area contributed by atoms with Crippen LogP contribution in [0.4, 0.5) is 0 Å². The summed E-state index contributed by atoms with van der Waals surface area (Å²) in [7, 11) is 0. The summed E-state index contributed by atoms with van der Waals surface area (Å²) in [5.41, 5.74) is 0. The van der Waals surface area contributed by atoms with Crippen LogP contribution in [-0.4, -0.2) is 71.1 Å². The van der Waals surface area contributed by atoms with Crippen LogP contribution in [0.2, 0.25) is 0 Å². The Labute approximate surface area is 114 Å². The van der Waals surface area contributed by atoms with E-state index in [2.05, 4.69) is 4.90 Å². The van der Waals surface area contributed by atoms with Crippen molar-refractivity contribution < 1.29 is 9.90 Å². The van der Waals surface area contributed by atoms with Gasteiger partial charge in [0.25, 0.3) is 0 Å². The van der Waals surface area contributed by atoms with Gasteiger partial charge in [-0.25, -0.2) is 0 Å². The van der Waals surface area contributed by atoms with Crippen LogP contribution in [0, 0.1) is 0 Å². The number of carbonyl (C=O) groups is 1. The highest BCUT2D eigenvalue weighted by molar-refractivity contribution is 7.98. The van der Waals surface area contributed by atoms with Crippen LogP contribution in [0.25, 0.3) is 0 Å². The quantitative estimate of drug-likeness (QED) is 0.822. The summed E-state index contributed by atoms with van der Waals surface area (Å²) < 4.78 is 0. The summed E-state index contributed by atoms with van der Waals surface area (Å²) in [6.07, 6.45) is 5.74. The molecule has 104 valence electrons. The highest BCUT2D eigenvalue weighted by Gasteiger charge is 2.33. The lowest BCUT2D eigenvalue weighted by Crippen LogP contribution is -2.53. The third-order valence-electron chi connectivity index (χ3n) is 4.10. The Morgan fingerprint density at radius 2 is 2.00 bits per heavy atom. The number of hydrogen-bond donors (Lipinski definition) is 1. The Morgan fingerprint density at radius 3 is 2.56 bits per heavy atom. The van der Waals surface area contributed by atoms with Crippen molar-refractivity contribution in [3.8, 4) is 0 Å². The summed E-state index contributed by atoms with van der Waals surface area (Å²) in [5, 5.41) is 9.91. The van der Waals surface area contributed by atoms with Crippen LogP contribution in [-0.2, 0) is 4.79 Å². The Kier molecular flexibility index (Phi) is 5.33. The molecule has 2 aliphatic rings. The maximum Gasteiger partial charge on any atom is 0.223 e. The molecule has 1 aliphatic heterocycles. The van der Waals surface area contributed by atoms with Gasteiger partial charge in [-0.2, -0.15) is 11.8 Å². The second-order valence-electron chi connectivity index (χ2n) is 5.23. The fraction of sp³-hybridized carbons (Fsp3) is 0.923. The van der Waals surface area contributed by atoms with E-state index >= 15 is 0 Å². The van der Waals surface area contributed by atoms with Gasteiger partial charge in [-0.1, -0.05) is 0 Å². The minimum absolute atomic E-state index is 0.149. The van der Waals surface area contributed by atoms with Crippen molar-refractivity contribution in [1.29, 1.82) is 0 Å². The van der Waals surface area contributed by atoms with Crippen molar-refractivity contribution in [1.82, 2.24) is 9.80 Å². The minimum atomic E-state index is -0.149. The standard InChI is InChI=1S/C13H24N2O2S/c1-18-10-5-13(17)15-8-6-14(7-9-15)11-3-2-4-12(11)16/h11-12,16H,2-10H2,1H3/t11-,12+/m0/s1. The van der Waals surface area contributed by atoms with Gasteiger partial charge in [-0.3, -0.25) is 9.69 Å². The maximum atomic E-state index is 11.9. The summed E-state index contributed by atoms with van der Waals surface area (Å²) >= 11 is 1.72. The molecular weight excluding hydrogens is 248 g/mol. The number of piperazine rings is 1. The first-order valence-electron chi connectivity index (χ1n) is 6.91. The Hall–Kier alpha value is -0.260. The molecule has 0 radical (unpaired) electrons. The summed E-state index contributed by atoms with van der Waals surface area (Å²) in [5.74, 6) is 1.20. The van der Waals surface area contributed by atoms with E-state index in [0.717, 1.165) is 51.2 Å². The van der Waals surface area contributed by atoms with E-state index in [-0.39, 0.29) is 12.0 Å². The van der Waals surface area contributed by atoms with Gasteiger partial charge in [-0.05, 0) is 25.5 Å². The highest BCUT2D eigenvalue weighted by Crippen LogP contribution is 2.25. The van der Waals surface area contributed by atoms with E-state index < -0.39 is 0 Å². The fourth-order valence-corrected chi connectivity index (χ4v) is 3.38. The van der Waals surface area contributed by atoms with E-state index in [1.165, 1.54) is 0 Å². The average molecular weight is 272 g/mol. The number of aliphatic hydroxyl groups is 1. The van der Waals surface area contributed by atoms with Crippen LogP contribution in [0.1, 0.15) is 25.7 Å². The lowest BCUT2D eigenvalue weighted by molar-refractivity contribution is -0.133. The van der Waals surface area contributed by atoms with E-state index in [0.29, 0.717) is 12.5 Å². The first-order chi connectivity index (χ1) is 8.72. The Bertz CT molecular complexity index is 280. The third kappa shape index (κ3) is 3.39. The van der Waals surface area contributed by atoms with Crippen LogP contribution in [0.15, 0.2) is 0 Å². The van der Waals surface area contributed by atoms with Gasteiger partial charge < -0.3 is 10.0 Å². The Balaban J connectivity index is 1.75. The third-order valence-corrected chi connectivity index (χ3v) is 4.71. The molecular formula is C13H24N2O2S. The zero-order valence-corrected chi connectivity index (χ0v) is 12.0. The number of thioether (sulfide) groups is 1. The number of amides is 1. The predicted molar refractivity (Wildman–Crippen MR) is 74.8 cm³/mol. The van der Waals surface area contributed by atoms with Crippen LogP contribution >= 0.6 is 11.8 Å². The second kappa shape index (κ2) is 6.78. The van der Waals surface area contributed by atoms with Gasteiger partial charge in [-0.15, -0.1) is 0 Å². The molecule has 2 rings (SSSR count).